The summed E-state index contributed by atoms with van der Waals surface area (Å²) in [5, 5.41) is 3.01. The van der Waals surface area contributed by atoms with Crippen molar-refractivity contribution in [2.75, 3.05) is 32.8 Å². The van der Waals surface area contributed by atoms with Gasteiger partial charge in [0.2, 0.25) is 5.91 Å². The molecule has 0 aromatic heterocycles. The Labute approximate surface area is 108 Å². The first-order valence-corrected chi connectivity index (χ1v) is 7.09. The van der Waals surface area contributed by atoms with Crippen LogP contribution in [0.15, 0.2) is 0 Å². The molecule has 3 saturated heterocycles. The number of hydrogen-bond acceptors (Lipinski definition) is 4. The van der Waals surface area contributed by atoms with Gasteiger partial charge in [0.25, 0.3) is 0 Å². The Balaban J connectivity index is 1.68. The van der Waals surface area contributed by atoms with E-state index in [1.165, 1.54) is 0 Å². The molecule has 0 aromatic carbocycles. The Morgan fingerprint density at radius 2 is 2.06 bits per heavy atom. The van der Waals surface area contributed by atoms with Crippen LogP contribution in [-0.4, -0.2) is 55.5 Å². The van der Waals surface area contributed by atoms with Gasteiger partial charge in [-0.1, -0.05) is 0 Å². The van der Waals surface area contributed by atoms with Crippen molar-refractivity contribution in [2.45, 2.75) is 43.9 Å². The molecular formula is C13H22N2O3. The number of likely N-dealkylation sites (tertiary alicyclic amines) is 1. The van der Waals surface area contributed by atoms with Crippen LogP contribution in [-0.2, 0) is 14.3 Å². The third-order valence-electron chi connectivity index (χ3n) is 4.21. The van der Waals surface area contributed by atoms with Crippen LogP contribution in [0.4, 0.5) is 0 Å². The van der Waals surface area contributed by atoms with Gasteiger partial charge in [-0.05, 0) is 32.2 Å². The summed E-state index contributed by atoms with van der Waals surface area (Å²) < 4.78 is 11.5. The summed E-state index contributed by atoms with van der Waals surface area (Å²) in [4.78, 5) is 14.3. The van der Waals surface area contributed by atoms with Gasteiger partial charge in [0.1, 0.15) is 0 Å². The fourth-order valence-electron chi connectivity index (χ4n) is 3.29. The molecular weight excluding hydrogens is 232 g/mol. The maximum Gasteiger partial charge on any atom is 0.237 e. The number of piperidine rings is 1. The lowest BCUT2D eigenvalue weighted by Crippen LogP contribution is -2.55. The fraction of sp³-hybridized carbons (Fsp3) is 0.923. The van der Waals surface area contributed by atoms with E-state index in [4.69, 9.17) is 9.47 Å². The number of ether oxygens (including phenoxy) is 2. The van der Waals surface area contributed by atoms with Crippen LogP contribution in [0.5, 0.6) is 0 Å². The Morgan fingerprint density at radius 1 is 1.22 bits per heavy atom. The molecule has 1 atom stereocenters. The molecule has 3 rings (SSSR count). The predicted molar refractivity (Wildman–Crippen MR) is 66.1 cm³/mol. The molecule has 0 bridgehead atoms. The van der Waals surface area contributed by atoms with Crippen LogP contribution in [0, 0.1) is 0 Å². The Bertz CT molecular complexity index is 315. The summed E-state index contributed by atoms with van der Waals surface area (Å²) in [5.74, 6) is -0.243. The Morgan fingerprint density at radius 3 is 2.89 bits per heavy atom. The van der Waals surface area contributed by atoms with E-state index in [9.17, 15) is 4.79 Å². The van der Waals surface area contributed by atoms with Gasteiger partial charge in [-0.15, -0.1) is 0 Å². The topological polar surface area (TPSA) is 50.8 Å². The van der Waals surface area contributed by atoms with Gasteiger partial charge in [-0.25, -0.2) is 0 Å². The van der Waals surface area contributed by atoms with Crippen molar-refractivity contribution in [2.24, 2.45) is 0 Å². The summed E-state index contributed by atoms with van der Waals surface area (Å²) in [5.41, 5.74) is 0. The van der Waals surface area contributed by atoms with E-state index >= 15 is 0 Å². The number of nitrogens with zero attached hydrogens (tertiary/aromatic N) is 1. The molecule has 3 aliphatic heterocycles. The highest BCUT2D eigenvalue weighted by molar-refractivity contribution is 5.81. The zero-order valence-corrected chi connectivity index (χ0v) is 10.8. The lowest BCUT2D eigenvalue weighted by Gasteiger charge is -2.41. The molecule has 18 heavy (non-hydrogen) atoms. The SMILES string of the molecule is O=C1NCCCCC1N1CCCC2(C1)OCCO2. The van der Waals surface area contributed by atoms with Crippen LogP contribution in [0.2, 0.25) is 0 Å². The van der Waals surface area contributed by atoms with Crippen molar-refractivity contribution >= 4 is 5.91 Å². The van der Waals surface area contributed by atoms with Gasteiger partial charge >= 0.3 is 0 Å². The molecule has 5 heteroatoms. The first-order valence-electron chi connectivity index (χ1n) is 7.09. The van der Waals surface area contributed by atoms with Crippen LogP contribution in [0.1, 0.15) is 32.1 Å². The van der Waals surface area contributed by atoms with Crippen molar-refractivity contribution < 1.29 is 14.3 Å². The summed E-state index contributed by atoms with van der Waals surface area (Å²) in [6.45, 7) is 3.91. The van der Waals surface area contributed by atoms with Crippen LogP contribution in [0.25, 0.3) is 0 Å². The average Bonchev–Trinajstić information content (AvgIpc) is 2.70. The van der Waals surface area contributed by atoms with Gasteiger partial charge in [-0.2, -0.15) is 0 Å². The zero-order chi connectivity index (χ0) is 12.4. The summed E-state index contributed by atoms with van der Waals surface area (Å²) in [6.07, 6.45) is 5.17. The molecule has 3 aliphatic rings. The van der Waals surface area contributed by atoms with Crippen molar-refractivity contribution in [3.05, 3.63) is 0 Å². The van der Waals surface area contributed by atoms with Gasteiger partial charge in [0.15, 0.2) is 5.79 Å². The van der Waals surface area contributed by atoms with Gasteiger partial charge in [0.05, 0.1) is 25.8 Å². The van der Waals surface area contributed by atoms with Gasteiger partial charge < -0.3 is 14.8 Å². The van der Waals surface area contributed by atoms with E-state index in [1.807, 2.05) is 0 Å². The average molecular weight is 254 g/mol. The van der Waals surface area contributed by atoms with Crippen molar-refractivity contribution in [3.8, 4) is 0 Å². The summed E-state index contributed by atoms with van der Waals surface area (Å²) in [6, 6.07) is 0.0116. The van der Waals surface area contributed by atoms with E-state index < -0.39 is 5.79 Å². The normalized spacial score (nSPS) is 33.3. The third kappa shape index (κ3) is 2.39. The second-order valence-corrected chi connectivity index (χ2v) is 5.48. The van der Waals surface area contributed by atoms with E-state index in [1.54, 1.807) is 0 Å². The van der Waals surface area contributed by atoms with E-state index in [0.29, 0.717) is 13.2 Å². The summed E-state index contributed by atoms with van der Waals surface area (Å²) in [7, 11) is 0. The minimum Gasteiger partial charge on any atom is -0.355 e. The molecule has 0 aliphatic carbocycles. The zero-order valence-electron chi connectivity index (χ0n) is 10.8. The van der Waals surface area contributed by atoms with Crippen molar-refractivity contribution in [1.82, 2.24) is 10.2 Å². The second kappa shape index (κ2) is 5.15. The van der Waals surface area contributed by atoms with Gasteiger partial charge in [0, 0.05) is 13.0 Å². The summed E-state index contributed by atoms with van der Waals surface area (Å²) >= 11 is 0. The monoisotopic (exact) mass is 254 g/mol. The lowest BCUT2D eigenvalue weighted by molar-refractivity contribution is -0.194. The first-order chi connectivity index (χ1) is 8.79. The number of nitrogens with one attached hydrogen (secondary N) is 1. The van der Waals surface area contributed by atoms with Crippen molar-refractivity contribution in [1.29, 1.82) is 0 Å². The highest BCUT2D eigenvalue weighted by atomic mass is 16.7. The van der Waals surface area contributed by atoms with Crippen LogP contribution >= 0.6 is 0 Å². The van der Waals surface area contributed by atoms with Gasteiger partial charge in [-0.3, -0.25) is 9.69 Å². The highest BCUT2D eigenvalue weighted by Gasteiger charge is 2.43. The Hall–Kier alpha value is -0.650. The number of carbonyl (C=O) groups excluding carboxylic acids is 1. The molecule has 0 aromatic rings. The maximum absolute atomic E-state index is 12.1. The molecule has 5 nitrogen and oxygen atoms in total. The lowest BCUT2D eigenvalue weighted by atomic mass is 10.00. The van der Waals surface area contributed by atoms with E-state index in [0.717, 1.165) is 51.7 Å². The quantitative estimate of drug-likeness (QED) is 0.740. The molecule has 3 heterocycles. The predicted octanol–water partition coefficient (Wildman–Crippen LogP) is 0.494. The smallest absolute Gasteiger partial charge is 0.237 e. The molecule has 1 amide bonds. The Kier molecular flexibility index (Phi) is 3.54. The molecule has 0 radical (unpaired) electrons. The third-order valence-corrected chi connectivity index (χ3v) is 4.21. The van der Waals surface area contributed by atoms with Crippen molar-refractivity contribution in [3.63, 3.8) is 0 Å². The molecule has 1 spiro atoms. The maximum atomic E-state index is 12.1. The van der Waals surface area contributed by atoms with Crippen LogP contribution < -0.4 is 5.32 Å². The molecule has 102 valence electrons. The number of amides is 1. The molecule has 0 saturated carbocycles. The standard InChI is InChI=1S/C13H22N2O3/c16-12-11(4-1-2-6-14-12)15-7-3-5-13(10-15)17-8-9-18-13/h11H,1-10H2,(H,14,16). The number of hydrogen-bond donors (Lipinski definition) is 1. The number of carbonyl (C=O) groups is 1. The van der Waals surface area contributed by atoms with E-state index in [2.05, 4.69) is 10.2 Å². The van der Waals surface area contributed by atoms with E-state index in [-0.39, 0.29) is 11.9 Å². The first kappa shape index (κ1) is 12.4. The highest BCUT2D eigenvalue weighted by Crippen LogP contribution is 2.31. The molecule has 1 N–H and O–H groups in total. The van der Waals surface area contributed by atoms with Crippen LogP contribution in [0.3, 0.4) is 0 Å². The molecule has 3 fully saturated rings. The second-order valence-electron chi connectivity index (χ2n) is 5.48. The minimum absolute atomic E-state index is 0.0116. The largest absolute Gasteiger partial charge is 0.355 e. The number of rotatable bonds is 1. The molecule has 1 unspecified atom stereocenters. The fourth-order valence-corrected chi connectivity index (χ4v) is 3.29. The minimum atomic E-state index is -0.426.